The number of H-pyrrole nitrogens is 1. The first-order valence-corrected chi connectivity index (χ1v) is 11.9. The average Bonchev–Trinajstić information content (AvgIpc) is 3.11. The number of rotatable bonds is 7. The molecular weight excluding hydrogens is 460 g/mol. The summed E-state index contributed by atoms with van der Waals surface area (Å²) in [6.45, 7) is 4.09. The van der Waals surface area contributed by atoms with Crippen LogP contribution in [0.2, 0.25) is 5.02 Å². The molecule has 4 rings (SSSR count). The van der Waals surface area contributed by atoms with Crippen molar-refractivity contribution >= 4 is 40.1 Å². The molecule has 0 bridgehead atoms. The summed E-state index contributed by atoms with van der Waals surface area (Å²) in [6.07, 6.45) is 1.53. The molecule has 3 N–H and O–H groups in total. The molecule has 0 amide bonds. The van der Waals surface area contributed by atoms with Crippen LogP contribution in [0.15, 0.2) is 88.6 Å². The zero-order chi connectivity index (χ0) is 23.4. The van der Waals surface area contributed by atoms with E-state index in [2.05, 4.69) is 21.7 Å². The van der Waals surface area contributed by atoms with Gasteiger partial charge in [0.05, 0.1) is 21.2 Å². The number of benzene rings is 3. The van der Waals surface area contributed by atoms with E-state index in [9.17, 15) is 13.2 Å². The molecule has 1 heterocycles. The Morgan fingerprint density at radius 3 is 2.30 bits per heavy atom. The summed E-state index contributed by atoms with van der Waals surface area (Å²) in [4.78, 5) is 12.9. The molecule has 0 radical (unpaired) electrons. The third kappa shape index (κ3) is 5.25. The second kappa shape index (κ2) is 9.50. The summed E-state index contributed by atoms with van der Waals surface area (Å²) in [7, 11) is -3.65. The van der Waals surface area contributed by atoms with Gasteiger partial charge >= 0.3 is 0 Å². The minimum atomic E-state index is -3.65. The Morgan fingerprint density at radius 2 is 1.64 bits per heavy atom. The average molecular weight is 481 g/mol. The molecule has 0 atom stereocenters. The van der Waals surface area contributed by atoms with E-state index in [0.29, 0.717) is 27.0 Å². The second-order valence-corrected chi connectivity index (χ2v) is 9.45. The lowest BCUT2D eigenvalue weighted by molar-refractivity contribution is 0.581. The fourth-order valence-electron chi connectivity index (χ4n) is 3.16. The number of nitrogens with one attached hydrogen (secondary N) is 3. The zero-order valence-electron chi connectivity index (χ0n) is 17.5. The van der Waals surface area contributed by atoms with Crippen molar-refractivity contribution in [2.45, 2.75) is 11.4 Å². The predicted molar refractivity (Wildman–Crippen MR) is 131 cm³/mol. The van der Waals surface area contributed by atoms with Gasteiger partial charge in [-0.25, -0.2) is 17.8 Å². The Bertz CT molecular complexity index is 1530. The van der Waals surface area contributed by atoms with Gasteiger partial charge in [-0.3, -0.25) is 9.89 Å². The van der Waals surface area contributed by atoms with Gasteiger partial charge < -0.3 is 5.32 Å². The van der Waals surface area contributed by atoms with Crippen LogP contribution in [0.3, 0.4) is 0 Å². The van der Waals surface area contributed by atoms with Crippen LogP contribution in [0, 0.1) is 0 Å². The highest BCUT2D eigenvalue weighted by molar-refractivity contribution is 7.89. The van der Waals surface area contributed by atoms with Gasteiger partial charge in [0, 0.05) is 23.5 Å². The molecule has 0 unspecified atom stereocenters. The van der Waals surface area contributed by atoms with Crippen molar-refractivity contribution in [1.29, 1.82) is 0 Å². The molecule has 0 fully saturated rings. The van der Waals surface area contributed by atoms with Gasteiger partial charge in [0.15, 0.2) is 0 Å². The lowest BCUT2D eigenvalue weighted by atomic mass is 10.2. The number of sulfonamides is 1. The molecule has 0 saturated carbocycles. The quantitative estimate of drug-likeness (QED) is 0.379. The molecule has 0 aliphatic heterocycles. The van der Waals surface area contributed by atoms with Crippen molar-refractivity contribution in [2.24, 2.45) is 0 Å². The normalized spacial score (nSPS) is 12.1. The maximum Gasteiger partial charge on any atom is 0.280 e. The summed E-state index contributed by atoms with van der Waals surface area (Å²) >= 11 is 5.91. The van der Waals surface area contributed by atoms with Crippen molar-refractivity contribution in [3.63, 3.8) is 0 Å². The van der Waals surface area contributed by atoms with Gasteiger partial charge in [-0.05, 0) is 54.1 Å². The predicted octanol–water partition coefficient (Wildman–Crippen LogP) is 2.56. The maximum atomic E-state index is 12.8. The zero-order valence-corrected chi connectivity index (χ0v) is 19.0. The Labute approximate surface area is 195 Å². The lowest BCUT2D eigenvalue weighted by Gasteiger charge is -2.08. The summed E-state index contributed by atoms with van der Waals surface area (Å²) in [5.74, 6) is 0. The third-order valence-corrected chi connectivity index (χ3v) is 6.62. The fraction of sp³-hybridized carbons (Fsp3) is 0.0417. The first kappa shape index (κ1) is 22.6. The number of halogens is 1. The molecule has 3 aromatic carbocycles. The van der Waals surface area contributed by atoms with Crippen LogP contribution >= 0.6 is 11.6 Å². The molecule has 0 aliphatic rings. The number of hydrogen-bond donors (Lipinski definition) is 3. The van der Waals surface area contributed by atoms with Crippen LogP contribution in [0.1, 0.15) is 5.56 Å². The largest absolute Gasteiger partial charge is 0.361 e. The number of aromatic nitrogens is 2. The molecular formula is C24H21ClN4O3S. The Balaban J connectivity index is 1.50. The van der Waals surface area contributed by atoms with E-state index in [1.165, 1.54) is 23.0 Å². The minimum absolute atomic E-state index is 0.147. The van der Waals surface area contributed by atoms with Crippen LogP contribution in [0.5, 0.6) is 0 Å². The Kier molecular flexibility index (Phi) is 6.50. The van der Waals surface area contributed by atoms with Crippen LogP contribution in [-0.2, 0) is 16.6 Å². The van der Waals surface area contributed by atoms with E-state index >= 15 is 0 Å². The van der Waals surface area contributed by atoms with E-state index in [1.807, 2.05) is 30.3 Å². The second-order valence-electron chi connectivity index (χ2n) is 7.24. The summed E-state index contributed by atoms with van der Waals surface area (Å²) < 4.78 is 29.0. The van der Waals surface area contributed by atoms with Gasteiger partial charge in [-0.15, -0.1) is 0 Å². The number of anilines is 1. The first-order chi connectivity index (χ1) is 15.8. The van der Waals surface area contributed by atoms with Gasteiger partial charge in [0.2, 0.25) is 10.0 Å². The van der Waals surface area contributed by atoms with Crippen molar-refractivity contribution in [3.05, 3.63) is 110 Å². The van der Waals surface area contributed by atoms with Gasteiger partial charge in [0.25, 0.3) is 5.56 Å². The van der Waals surface area contributed by atoms with Gasteiger partial charge in [0.1, 0.15) is 0 Å². The first-order valence-electron chi connectivity index (χ1n) is 10.00. The molecule has 1 aromatic heterocycles. The Morgan fingerprint density at radius 1 is 0.970 bits per heavy atom. The smallest absolute Gasteiger partial charge is 0.280 e. The van der Waals surface area contributed by atoms with E-state index in [-0.39, 0.29) is 17.0 Å². The van der Waals surface area contributed by atoms with E-state index < -0.39 is 10.0 Å². The van der Waals surface area contributed by atoms with Crippen LogP contribution < -0.4 is 26.2 Å². The standard InChI is InChI=1S/C24H21ClN4O3S/c1-17-23(24(30)29(28-17)21-11-7-19(25)8-12-21)16-26-20-9-13-22(14-10-20)33(31,32)27-15-18-5-3-2-4-6-18/h2-14,16,26-28H,1,15H2/b23-16-. The highest BCUT2D eigenvalue weighted by Crippen LogP contribution is 2.14. The SMILES string of the molecule is C=c1[nH]n(-c2ccc(Cl)cc2)c(=O)/c1=C\Nc1ccc(S(=O)(=O)NCc2ccccc2)cc1. The fourth-order valence-corrected chi connectivity index (χ4v) is 4.30. The molecule has 33 heavy (non-hydrogen) atoms. The maximum absolute atomic E-state index is 12.8. The van der Waals surface area contributed by atoms with Crippen molar-refractivity contribution in [2.75, 3.05) is 5.32 Å². The lowest BCUT2D eigenvalue weighted by Crippen LogP contribution is -2.34. The van der Waals surface area contributed by atoms with Crippen molar-refractivity contribution in [1.82, 2.24) is 14.5 Å². The minimum Gasteiger partial charge on any atom is -0.361 e. The summed E-state index contributed by atoms with van der Waals surface area (Å²) in [5, 5.41) is 7.31. The summed E-state index contributed by atoms with van der Waals surface area (Å²) in [5.41, 5.74) is 1.84. The number of aromatic amines is 1. The van der Waals surface area contributed by atoms with Gasteiger partial charge in [-0.2, -0.15) is 0 Å². The Hall–Kier alpha value is -3.59. The van der Waals surface area contributed by atoms with Gasteiger partial charge in [-0.1, -0.05) is 48.5 Å². The van der Waals surface area contributed by atoms with Crippen LogP contribution in [0.4, 0.5) is 5.69 Å². The highest BCUT2D eigenvalue weighted by Gasteiger charge is 2.13. The monoisotopic (exact) mass is 480 g/mol. The number of nitrogens with zero attached hydrogens (tertiary/aromatic N) is 1. The van der Waals surface area contributed by atoms with Crippen molar-refractivity contribution in [3.8, 4) is 5.69 Å². The molecule has 0 spiro atoms. The van der Waals surface area contributed by atoms with E-state index in [0.717, 1.165) is 5.56 Å². The molecule has 9 heteroatoms. The molecule has 0 aliphatic carbocycles. The molecule has 7 nitrogen and oxygen atoms in total. The number of hydrogen-bond acceptors (Lipinski definition) is 4. The van der Waals surface area contributed by atoms with Crippen LogP contribution in [0.25, 0.3) is 18.5 Å². The topological polar surface area (TPSA) is 96.0 Å². The highest BCUT2D eigenvalue weighted by atomic mass is 35.5. The van der Waals surface area contributed by atoms with E-state index in [4.69, 9.17) is 11.6 Å². The van der Waals surface area contributed by atoms with E-state index in [1.54, 1.807) is 36.4 Å². The summed E-state index contributed by atoms with van der Waals surface area (Å²) in [6, 6.07) is 22.4. The van der Waals surface area contributed by atoms with Crippen LogP contribution in [-0.4, -0.2) is 18.2 Å². The molecule has 168 valence electrons. The molecule has 0 saturated heterocycles. The van der Waals surface area contributed by atoms with Crippen molar-refractivity contribution < 1.29 is 8.42 Å². The molecule has 4 aromatic rings. The third-order valence-electron chi connectivity index (χ3n) is 4.95.